The van der Waals surface area contributed by atoms with Crippen molar-refractivity contribution in [2.24, 2.45) is 0 Å². The Morgan fingerprint density at radius 2 is 1.64 bits per heavy atom. The molecule has 1 unspecified atom stereocenters. The lowest BCUT2D eigenvalue weighted by molar-refractivity contribution is -0.282. The summed E-state index contributed by atoms with van der Waals surface area (Å²) in [5.74, 6) is -2.73. The highest BCUT2D eigenvalue weighted by Gasteiger charge is 2.63. The van der Waals surface area contributed by atoms with Crippen LogP contribution in [0.3, 0.4) is 0 Å². The maximum absolute atomic E-state index is 13.9. The number of ether oxygens (including phenoxy) is 1. The maximum atomic E-state index is 13.9. The van der Waals surface area contributed by atoms with E-state index in [1.54, 1.807) is 31.2 Å². The van der Waals surface area contributed by atoms with Crippen molar-refractivity contribution in [3.8, 4) is 11.1 Å². The monoisotopic (exact) mass is 483 g/mol. The van der Waals surface area contributed by atoms with E-state index >= 15 is 0 Å². The Morgan fingerprint density at radius 3 is 2.21 bits per heavy atom. The van der Waals surface area contributed by atoms with Crippen LogP contribution >= 0.6 is 11.6 Å². The lowest BCUT2D eigenvalue weighted by atomic mass is 9.70. The minimum Gasteiger partial charge on any atom is -0.369 e. The van der Waals surface area contributed by atoms with Crippen molar-refractivity contribution in [1.29, 1.82) is 0 Å². The number of hydrogen-bond donors (Lipinski definition) is 1. The molecule has 1 N–H and O–H groups in total. The highest BCUT2D eigenvalue weighted by molar-refractivity contribution is 6.30. The molecule has 9 heteroatoms. The second-order valence-electron chi connectivity index (χ2n) is 8.77. The van der Waals surface area contributed by atoms with Gasteiger partial charge in [0.05, 0.1) is 10.6 Å². The molecule has 0 bridgehead atoms. The number of halogens is 5. The topological polar surface area (TPSA) is 55.4 Å². The molecular weight excluding hydrogens is 462 g/mol. The van der Waals surface area contributed by atoms with Gasteiger partial charge in [0.25, 0.3) is 0 Å². The SMILES string of the molecule is COC1(C(F)(F)F)CCC2(CC1)NC(=O)C(c1cc(-c3ccc(Cl)c(F)c3)ccc1C)C2=O. The molecule has 33 heavy (non-hydrogen) atoms. The maximum Gasteiger partial charge on any atom is 0.417 e. The summed E-state index contributed by atoms with van der Waals surface area (Å²) in [7, 11) is 1.01. The zero-order chi connectivity index (χ0) is 24.2. The van der Waals surface area contributed by atoms with E-state index in [4.69, 9.17) is 16.3 Å². The minimum absolute atomic E-state index is 0.0262. The van der Waals surface area contributed by atoms with E-state index in [-0.39, 0.29) is 17.9 Å². The van der Waals surface area contributed by atoms with Gasteiger partial charge in [0.1, 0.15) is 11.7 Å². The fourth-order valence-electron chi connectivity index (χ4n) is 4.91. The summed E-state index contributed by atoms with van der Waals surface area (Å²) >= 11 is 5.76. The number of carbonyl (C=O) groups is 2. The average molecular weight is 484 g/mol. The smallest absolute Gasteiger partial charge is 0.369 e. The summed E-state index contributed by atoms with van der Waals surface area (Å²) in [6.45, 7) is 1.74. The zero-order valence-corrected chi connectivity index (χ0v) is 18.7. The molecule has 1 amide bonds. The van der Waals surface area contributed by atoms with E-state index in [0.29, 0.717) is 22.3 Å². The highest BCUT2D eigenvalue weighted by atomic mass is 35.5. The Bertz CT molecular complexity index is 1120. The predicted octanol–water partition coefficient (Wildman–Crippen LogP) is 5.50. The van der Waals surface area contributed by atoms with Gasteiger partial charge in [-0.3, -0.25) is 9.59 Å². The number of ketones is 1. The molecule has 176 valence electrons. The first kappa shape index (κ1) is 23.7. The normalized spacial score (nSPS) is 27.8. The molecule has 1 aliphatic carbocycles. The summed E-state index contributed by atoms with van der Waals surface area (Å²) in [5.41, 5.74) is -1.45. The Balaban J connectivity index is 1.66. The van der Waals surface area contributed by atoms with Gasteiger partial charge in [-0.05, 0) is 73.1 Å². The van der Waals surface area contributed by atoms with Crippen LogP contribution in [0.5, 0.6) is 0 Å². The molecule has 2 aromatic rings. The molecule has 4 rings (SSSR count). The predicted molar refractivity (Wildman–Crippen MR) is 114 cm³/mol. The third-order valence-electron chi connectivity index (χ3n) is 7.02. The summed E-state index contributed by atoms with van der Waals surface area (Å²) in [5, 5.41) is 2.67. The molecule has 1 spiro atoms. The molecule has 2 aromatic carbocycles. The fourth-order valence-corrected chi connectivity index (χ4v) is 5.03. The van der Waals surface area contributed by atoms with Gasteiger partial charge in [0.15, 0.2) is 11.4 Å². The van der Waals surface area contributed by atoms with Crippen LogP contribution in [0.25, 0.3) is 11.1 Å². The van der Waals surface area contributed by atoms with Gasteiger partial charge in [0, 0.05) is 7.11 Å². The number of alkyl halides is 3. The Labute approximate surface area is 193 Å². The van der Waals surface area contributed by atoms with Crippen molar-refractivity contribution in [2.45, 2.75) is 55.8 Å². The van der Waals surface area contributed by atoms with Crippen LogP contribution in [0.15, 0.2) is 36.4 Å². The van der Waals surface area contributed by atoms with Crippen LogP contribution in [0.2, 0.25) is 5.02 Å². The van der Waals surface area contributed by atoms with Gasteiger partial charge >= 0.3 is 6.18 Å². The first-order valence-corrected chi connectivity index (χ1v) is 10.8. The summed E-state index contributed by atoms with van der Waals surface area (Å²) in [6.07, 6.45) is -5.75. The number of benzene rings is 2. The van der Waals surface area contributed by atoms with E-state index in [0.717, 1.165) is 7.11 Å². The van der Waals surface area contributed by atoms with E-state index < -0.39 is 53.6 Å². The van der Waals surface area contributed by atoms with Crippen molar-refractivity contribution in [3.05, 3.63) is 58.4 Å². The van der Waals surface area contributed by atoms with Crippen LogP contribution in [-0.4, -0.2) is 36.1 Å². The lowest BCUT2D eigenvalue weighted by Crippen LogP contribution is -2.58. The van der Waals surface area contributed by atoms with Crippen LogP contribution in [0.1, 0.15) is 42.7 Å². The van der Waals surface area contributed by atoms with Gasteiger partial charge in [-0.15, -0.1) is 0 Å². The molecule has 4 nitrogen and oxygen atoms in total. The van der Waals surface area contributed by atoms with E-state index in [9.17, 15) is 27.2 Å². The quantitative estimate of drug-likeness (QED) is 0.463. The fraction of sp³-hybridized carbons (Fsp3) is 0.417. The van der Waals surface area contributed by atoms with Crippen molar-refractivity contribution in [2.75, 3.05) is 7.11 Å². The number of hydrogen-bond acceptors (Lipinski definition) is 3. The second kappa shape index (κ2) is 8.09. The molecule has 2 aliphatic rings. The van der Waals surface area contributed by atoms with E-state index in [1.165, 1.54) is 12.1 Å². The molecule has 0 aromatic heterocycles. The molecule has 1 saturated heterocycles. The second-order valence-corrected chi connectivity index (χ2v) is 9.17. The standard InChI is InChI=1S/C24H22ClF4NO3/c1-13-3-4-14(15-5-6-17(25)18(26)12-15)11-16(13)19-20(31)22(30-21(19)32)7-9-23(33-2,10-8-22)24(27,28)29/h3-6,11-12,19H,7-10H2,1-2H3,(H,30,32). The van der Waals surface area contributed by atoms with E-state index in [2.05, 4.69) is 5.32 Å². The summed E-state index contributed by atoms with van der Waals surface area (Å²) in [6, 6.07) is 9.42. The zero-order valence-electron chi connectivity index (χ0n) is 18.0. The summed E-state index contributed by atoms with van der Waals surface area (Å²) < 4.78 is 59.5. The summed E-state index contributed by atoms with van der Waals surface area (Å²) in [4.78, 5) is 26.4. The van der Waals surface area contributed by atoms with Crippen molar-refractivity contribution >= 4 is 23.3 Å². The molecule has 1 atom stereocenters. The van der Waals surface area contributed by atoms with Gasteiger partial charge in [-0.2, -0.15) is 13.2 Å². The average Bonchev–Trinajstić information content (AvgIpc) is 3.00. The number of rotatable bonds is 3. The van der Waals surface area contributed by atoms with Crippen LogP contribution < -0.4 is 5.32 Å². The number of nitrogens with one attached hydrogen (secondary N) is 1. The van der Waals surface area contributed by atoms with Gasteiger partial charge < -0.3 is 10.1 Å². The largest absolute Gasteiger partial charge is 0.417 e. The lowest BCUT2D eigenvalue weighted by Gasteiger charge is -2.43. The first-order chi connectivity index (χ1) is 15.4. The van der Waals surface area contributed by atoms with Crippen LogP contribution in [-0.2, 0) is 14.3 Å². The number of Topliss-reactive ketones (excluding diaryl/α,β-unsaturated/α-hetero) is 1. The van der Waals surface area contributed by atoms with E-state index in [1.807, 2.05) is 0 Å². The minimum atomic E-state index is -4.58. The first-order valence-electron chi connectivity index (χ1n) is 10.5. The van der Waals surface area contributed by atoms with Crippen molar-refractivity contribution in [3.63, 3.8) is 0 Å². The third-order valence-corrected chi connectivity index (χ3v) is 7.33. The van der Waals surface area contributed by atoms with Gasteiger partial charge in [-0.1, -0.05) is 29.8 Å². The third kappa shape index (κ3) is 3.83. The molecule has 1 heterocycles. The van der Waals surface area contributed by atoms with Gasteiger partial charge in [0.2, 0.25) is 5.91 Å². The molecule has 1 aliphatic heterocycles. The van der Waals surface area contributed by atoms with Crippen molar-refractivity contribution < 1.29 is 31.9 Å². The number of aryl methyl sites for hydroxylation is 1. The Morgan fingerprint density at radius 1 is 1.03 bits per heavy atom. The molecule has 1 saturated carbocycles. The number of amides is 1. The molecule has 0 radical (unpaired) electrons. The molecule has 2 fully saturated rings. The number of carbonyl (C=O) groups excluding carboxylic acids is 2. The Hall–Kier alpha value is -2.45. The van der Waals surface area contributed by atoms with Gasteiger partial charge in [-0.25, -0.2) is 4.39 Å². The van der Waals surface area contributed by atoms with Crippen LogP contribution in [0.4, 0.5) is 17.6 Å². The van der Waals surface area contributed by atoms with Crippen LogP contribution in [0, 0.1) is 12.7 Å². The van der Waals surface area contributed by atoms with Crippen molar-refractivity contribution in [1.82, 2.24) is 5.32 Å². The highest BCUT2D eigenvalue weighted by Crippen LogP contribution is 2.49. The number of methoxy groups -OCH3 is 1. The molecular formula is C24H22ClF4NO3. The Kier molecular flexibility index (Phi) is 5.81.